The summed E-state index contributed by atoms with van der Waals surface area (Å²) in [6, 6.07) is 17.4. The lowest BCUT2D eigenvalue weighted by molar-refractivity contribution is -0.141. The number of amides is 2. The van der Waals surface area contributed by atoms with Crippen molar-refractivity contribution < 1.29 is 9.59 Å². The Balaban J connectivity index is 2.01. The van der Waals surface area contributed by atoms with E-state index < -0.39 is 6.04 Å². The highest BCUT2D eigenvalue weighted by Crippen LogP contribution is 2.22. The van der Waals surface area contributed by atoms with E-state index in [1.165, 1.54) is 0 Å². The molecule has 6 heteroatoms. The molecule has 0 aliphatic carbocycles. The smallest absolute Gasteiger partial charge is 0.243 e. The molecule has 1 atom stereocenters. The van der Waals surface area contributed by atoms with Gasteiger partial charge < -0.3 is 10.2 Å². The molecule has 2 rings (SSSR count). The van der Waals surface area contributed by atoms with Gasteiger partial charge in [-0.15, -0.1) is 11.8 Å². The van der Waals surface area contributed by atoms with E-state index in [0.29, 0.717) is 19.4 Å². The molecule has 0 radical (unpaired) electrons. The fourth-order valence-corrected chi connectivity index (χ4v) is 4.42. The van der Waals surface area contributed by atoms with Crippen molar-refractivity contribution >= 4 is 35.2 Å². The minimum Gasteiger partial charge on any atom is -0.350 e. The van der Waals surface area contributed by atoms with Crippen molar-refractivity contribution in [2.75, 3.05) is 12.3 Å². The van der Waals surface area contributed by atoms with Gasteiger partial charge in [-0.05, 0) is 75.6 Å². The summed E-state index contributed by atoms with van der Waals surface area (Å²) < 4.78 is 0. The number of carbonyl (C=O) groups is 2. The Kier molecular flexibility index (Phi) is 10.6. The van der Waals surface area contributed by atoms with E-state index in [0.717, 1.165) is 34.1 Å². The van der Waals surface area contributed by atoms with Crippen LogP contribution in [0.1, 0.15) is 52.5 Å². The Labute approximate surface area is 202 Å². The largest absolute Gasteiger partial charge is 0.350 e. The third kappa shape index (κ3) is 9.25. The van der Waals surface area contributed by atoms with Crippen LogP contribution in [0, 0.1) is 0 Å². The van der Waals surface area contributed by atoms with E-state index in [1.807, 2.05) is 70.2 Å². The topological polar surface area (TPSA) is 49.4 Å². The summed E-state index contributed by atoms with van der Waals surface area (Å²) in [5.41, 5.74) is 0.822. The monoisotopic (exact) mass is 474 g/mol. The van der Waals surface area contributed by atoms with Crippen LogP contribution < -0.4 is 5.32 Å². The fraction of sp³-hybridized carbons (Fsp3) is 0.462. The summed E-state index contributed by atoms with van der Waals surface area (Å²) in [5.74, 6) is 0.788. The first kappa shape index (κ1) is 26.3. The number of nitrogens with one attached hydrogen (secondary N) is 1. The SMILES string of the molecule is CC[C@H](C(=O)NC(C)(C)C)N(CCc1ccccc1)C(=O)CCCSc1ccc(Cl)cc1. The van der Waals surface area contributed by atoms with Crippen LogP contribution in [0.2, 0.25) is 5.02 Å². The van der Waals surface area contributed by atoms with E-state index in [2.05, 4.69) is 17.4 Å². The summed E-state index contributed by atoms with van der Waals surface area (Å²) in [6.45, 7) is 8.38. The zero-order valence-corrected chi connectivity index (χ0v) is 21.1. The van der Waals surface area contributed by atoms with Gasteiger partial charge in [-0.3, -0.25) is 9.59 Å². The number of hydrogen-bond acceptors (Lipinski definition) is 3. The van der Waals surface area contributed by atoms with Gasteiger partial charge in [0.05, 0.1) is 0 Å². The molecule has 0 aliphatic heterocycles. The zero-order chi connectivity index (χ0) is 23.6. The first-order valence-electron chi connectivity index (χ1n) is 11.2. The van der Waals surface area contributed by atoms with Gasteiger partial charge in [0.1, 0.15) is 6.04 Å². The molecule has 0 aliphatic rings. The maximum Gasteiger partial charge on any atom is 0.243 e. The zero-order valence-electron chi connectivity index (χ0n) is 19.6. The normalized spacial score (nSPS) is 12.3. The van der Waals surface area contributed by atoms with Crippen molar-refractivity contribution in [3.8, 4) is 0 Å². The Hall–Kier alpha value is -1.98. The van der Waals surface area contributed by atoms with Crippen molar-refractivity contribution in [1.82, 2.24) is 10.2 Å². The predicted octanol–water partition coefficient (Wildman–Crippen LogP) is 5.98. The van der Waals surface area contributed by atoms with Gasteiger partial charge in [-0.2, -0.15) is 0 Å². The van der Waals surface area contributed by atoms with Gasteiger partial charge in [-0.25, -0.2) is 0 Å². The molecule has 174 valence electrons. The number of carbonyl (C=O) groups excluding carboxylic acids is 2. The molecule has 2 aromatic rings. The van der Waals surface area contributed by atoms with Crippen LogP contribution in [-0.2, 0) is 16.0 Å². The average molecular weight is 475 g/mol. The molecule has 0 spiro atoms. The minimum absolute atomic E-state index is 0.0357. The molecular formula is C26H35ClN2O2S. The maximum absolute atomic E-state index is 13.2. The summed E-state index contributed by atoms with van der Waals surface area (Å²) in [6.07, 6.45) is 2.49. The molecule has 0 fully saturated rings. The Morgan fingerprint density at radius 2 is 1.72 bits per heavy atom. The van der Waals surface area contributed by atoms with Crippen LogP contribution in [0.4, 0.5) is 0 Å². The van der Waals surface area contributed by atoms with E-state index in [4.69, 9.17) is 11.6 Å². The second-order valence-corrected chi connectivity index (χ2v) is 10.5. The second-order valence-electron chi connectivity index (χ2n) is 8.89. The van der Waals surface area contributed by atoms with Crippen LogP contribution >= 0.6 is 23.4 Å². The Bertz CT molecular complexity index is 850. The van der Waals surface area contributed by atoms with Crippen LogP contribution in [0.5, 0.6) is 0 Å². The van der Waals surface area contributed by atoms with Gasteiger partial charge in [-0.1, -0.05) is 48.9 Å². The molecule has 0 saturated carbocycles. The predicted molar refractivity (Wildman–Crippen MR) is 135 cm³/mol. The summed E-state index contributed by atoms with van der Waals surface area (Å²) in [4.78, 5) is 29.1. The van der Waals surface area contributed by atoms with E-state index >= 15 is 0 Å². The van der Waals surface area contributed by atoms with Gasteiger partial charge >= 0.3 is 0 Å². The quantitative estimate of drug-likeness (QED) is 0.322. The molecule has 0 aromatic heterocycles. The average Bonchev–Trinajstić information content (AvgIpc) is 2.74. The van der Waals surface area contributed by atoms with Gasteiger partial charge in [0, 0.05) is 28.4 Å². The minimum atomic E-state index is -0.464. The van der Waals surface area contributed by atoms with Crippen molar-refractivity contribution in [2.45, 2.75) is 69.9 Å². The highest BCUT2D eigenvalue weighted by atomic mass is 35.5. The summed E-state index contributed by atoms with van der Waals surface area (Å²) >= 11 is 7.65. The van der Waals surface area contributed by atoms with Gasteiger partial charge in [0.15, 0.2) is 0 Å². The number of halogens is 1. The molecule has 4 nitrogen and oxygen atoms in total. The fourth-order valence-electron chi connectivity index (χ4n) is 3.44. The number of rotatable bonds is 11. The lowest BCUT2D eigenvalue weighted by atomic mass is 10.0. The second kappa shape index (κ2) is 12.9. The third-order valence-corrected chi connectivity index (χ3v) is 6.34. The first-order valence-corrected chi connectivity index (χ1v) is 12.6. The lowest BCUT2D eigenvalue weighted by Gasteiger charge is -2.33. The van der Waals surface area contributed by atoms with E-state index in [1.54, 1.807) is 16.7 Å². The van der Waals surface area contributed by atoms with E-state index in [9.17, 15) is 9.59 Å². The van der Waals surface area contributed by atoms with Crippen molar-refractivity contribution in [2.24, 2.45) is 0 Å². The van der Waals surface area contributed by atoms with Crippen LogP contribution in [0.15, 0.2) is 59.5 Å². The molecule has 2 amide bonds. The number of nitrogens with zero attached hydrogens (tertiary/aromatic N) is 1. The van der Waals surface area contributed by atoms with Crippen LogP contribution in [-0.4, -0.2) is 40.6 Å². The van der Waals surface area contributed by atoms with Crippen molar-refractivity contribution in [3.05, 3.63) is 65.2 Å². The highest BCUT2D eigenvalue weighted by Gasteiger charge is 2.29. The molecule has 1 N–H and O–H groups in total. The Morgan fingerprint density at radius 1 is 1.06 bits per heavy atom. The Morgan fingerprint density at radius 3 is 2.31 bits per heavy atom. The van der Waals surface area contributed by atoms with E-state index in [-0.39, 0.29) is 17.4 Å². The van der Waals surface area contributed by atoms with Gasteiger partial charge in [0.25, 0.3) is 0 Å². The molecule has 0 unspecified atom stereocenters. The number of thioether (sulfide) groups is 1. The van der Waals surface area contributed by atoms with Crippen LogP contribution in [0.3, 0.4) is 0 Å². The number of hydrogen-bond donors (Lipinski definition) is 1. The van der Waals surface area contributed by atoms with Crippen molar-refractivity contribution in [3.63, 3.8) is 0 Å². The van der Waals surface area contributed by atoms with Crippen molar-refractivity contribution in [1.29, 1.82) is 0 Å². The molecular weight excluding hydrogens is 440 g/mol. The lowest BCUT2D eigenvalue weighted by Crippen LogP contribution is -2.54. The standard InChI is InChI=1S/C26H35ClN2O2S/c1-5-23(25(31)28-26(2,3)4)29(18-17-20-10-7-6-8-11-20)24(30)12-9-19-32-22-15-13-21(27)14-16-22/h6-8,10-11,13-16,23H,5,9,12,17-19H2,1-4H3,(H,28,31)/t23-/m1/s1. The molecule has 0 heterocycles. The van der Waals surface area contributed by atoms with Gasteiger partial charge in [0.2, 0.25) is 11.8 Å². The maximum atomic E-state index is 13.2. The molecule has 32 heavy (non-hydrogen) atoms. The first-order chi connectivity index (χ1) is 15.2. The molecule has 0 saturated heterocycles. The number of benzene rings is 2. The highest BCUT2D eigenvalue weighted by molar-refractivity contribution is 7.99. The molecule has 2 aromatic carbocycles. The summed E-state index contributed by atoms with van der Waals surface area (Å²) in [7, 11) is 0. The van der Waals surface area contributed by atoms with Crippen LogP contribution in [0.25, 0.3) is 0 Å². The molecule has 0 bridgehead atoms. The summed E-state index contributed by atoms with van der Waals surface area (Å²) in [5, 5.41) is 3.77. The third-order valence-electron chi connectivity index (χ3n) is 4.99.